The van der Waals surface area contributed by atoms with Crippen LogP contribution in [0, 0.1) is 17.2 Å². The van der Waals surface area contributed by atoms with Crippen LogP contribution in [0.15, 0.2) is 18.5 Å². The quantitative estimate of drug-likeness (QED) is 0.793. The zero-order valence-electron chi connectivity index (χ0n) is 13.1. The molecule has 2 saturated heterocycles. The molecule has 2 aliphatic heterocycles. The van der Waals surface area contributed by atoms with Crippen LogP contribution in [0.25, 0.3) is 0 Å². The monoisotopic (exact) mass is 300 g/mol. The van der Waals surface area contributed by atoms with Crippen molar-refractivity contribution in [3.63, 3.8) is 0 Å². The molecule has 1 amide bonds. The van der Waals surface area contributed by atoms with Crippen molar-refractivity contribution in [1.82, 2.24) is 9.88 Å². The Labute approximate surface area is 130 Å². The number of nitriles is 1. The van der Waals surface area contributed by atoms with Crippen molar-refractivity contribution < 1.29 is 9.53 Å². The molecule has 6 nitrogen and oxygen atoms in total. The number of aromatic nitrogens is 1. The molecule has 22 heavy (non-hydrogen) atoms. The molecular formula is C16H20N4O2. The first kappa shape index (κ1) is 14.6. The second kappa shape index (κ2) is 5.16. The van der Waals surface area contributed by atoms with E-state index < -0.39 is 5.60 Å². The third-order valence-electron chi connectivity index (χ3n) is 4.08. The van der Waals surface area contributed by atoms with Gasteiger partial charge in [0.2, 0.25) is 0 Å². The number of carbonyl (C=O) groups excluding carboxylic acids is 1. The Bertz CT molecular complexity index is 632. The van der Waals surface area contributed by atoms with Gasteiger partial charge in [-0.3, -0.25) is 4.98 Å². The van der Waals surface area contributed by atoms with E-state index >= 15 is 0 Å². The normalized spacial score (nSPS) is 23.5. The Balaban J connectivity index is 1.66. The highest BCUT2D eigenvalue weighted by Gasteiger charge is 2.49. The summed E-state index contributed by atoms with van der Waals surface area (Å²) in [7, 11) is 0. The van der Waals surface area contributed by atoms with E-state index in [9.17, 15) is 4.79 Å². The molecule has 0 unspecified atom stereocenters. The number of amides is 1. The molecule has 0 bridgehead atoms. The first-order valence-electron chi connectivity index (χ1n) is 7.47. The number of hydrogen-bond acceptors (Lipinski definition) is 5. The Morgan fingerprint density at radius 1 is 1.36 bits per heavy atom. The molecular weight excluding hydrogens is 280 g/mol. The van der Waals surface area contributed by atoms with Crippen LogP contribution in [0.4, 0.5) is 10.5 Å². The SMILES string of the molecule is CC(C)(C)OC(=O)N1C[C@H]2CN(c3cncc(C#N)c3)C[C@H]21. The molecule has 0 spiro atoms. The van der Waals surface area contributed by atoms with Crippen molar-refractivity contribution in [2.75, 3.05) is 24.5 Å². The predicted molar refractivity (Wildman–Crippen MR) is 81.4 cm³/mol. The molecule has 0 aliphatic carbocycles. The Kier molecular flexibility index (Phi) is 3.44. The van der Waals surface area contributed by atoms with E-state index in [-0.39, 0.29) is 12.1 Å². The Morgan fingerprint density at radius 2 is 2.14 bits per heavy atom. The Morgan fingerprint density at radius 3 is 2.82 bits per heavy atom. The van der Waals surface area contributed by atoms with Crippen LogP contribution in [-0.4, -0.2) is 47.3 Å². The van der Waals surface area contributed by atoms with Crippen LogP contribution in [0.5, 0.6) is 0 Å². The van der Waals surface area contributed by atoms with E-state index in [4.69, 9.17) is 10.00 Å². The first-order valence-corrected chi connectivity index (χ1v) is 7.47. The van der Waals surface area contributed by atoms with Crippen LogP contribution in [0.3, 0.4) is 0 Å². The van der Waals surface area contributed by atoms with Crippen molar-refractivity contribution in [3.05, 3.63) is 24.0 Å². The molecule has 3 rings (SSSR count). The molecule has 6 heteroatoms. The Hall–Kier alpha value is -2.29. The highest BCUT2D eigenvalue weighted by atomic mass is 16.6. The minimum atomic E-state index is -0.467. The smallest absolute Gasteiger partial charge is 0.410 e. The number of rotatable bonds is 1. The third kappa shape index (κ3) is 2.71. The summed E-state index contributed by atoms with van der Waals surface area (Å²) in [4.78, 5) is 20.3. The molecule has 0 saturated carbocycles. The molecule has 2 aliphatic rings. The maximum atomic E-state index is 12.2. The molecule has 0 radical (unpaired) electrons. The van der Waals surface area contributed by atoms with Crippen LogP contribution >= 0.6 is 0 Å². The second-order valence-corrected chi connectivity index (χ2v) is 6.91. The van der Waals surface area contributed by atoms with Gasteiger partial charge in [-0.05, 0) is 26.8 Å². The average Bonchev–Trinajstić information content (AvgIpc) is 2.74. The lowest BCUT2D eigenvalue weighted by atomic mass is 9.93. The van der Waals surface area contributed by atoms with Crippen molar-refractivity contribution in [1.29, 1.82) is 5.26 Å². The molecule has 2 atom stereocenters. The summed E-state index contributed by atoms with van der Waals surface area (Å²) in [6.45, 7) is 8.02. The van der Waals surface area contributed by atoms with E-state index in [0.29, 0.717) is 11.5 Å². The number of fused-ring (bicyclic) bond motifs is 1. The van der Waals surface area contributed by atoms with Gasteiger partial charge in [-0.2, -0.15) is 5.26 Å². The summed E-state index contributed by atoms with van der Waals surface area (Å²) < 4.78 is 5.44. The summed E-state index contributed by atoms with van der Waals surface area (Å²) in [6, 6.07) is 4.15. The zero-order valence-corrected chi connectivity index (χ0v) is 13.1. The van der Waals surface area contributed by atoms with Gasteiger partial charge in [-0.15, -0.1) is 0 Å². The van der Waals surface area contributed by atoms with Crippen LogP contribution in [0.2, 0.25) is 0 Å². The lowest BCUT2D eigenvalue weighted by Gasteiger charge is -2.43. The van der Waals surface area contributed by atoms with E-state index in [1.807, 2.05) is 26.8 Å². The van der Waals surface area contributed by atoms with Gasteiger partial charge in [0.1, 0.15) is 11.7 Å². The van der Waals surface area contributed by atoms with Gasteiger partial charge in [0, 0.05) is 31.7 Å². The summed E-state index contributed by atoms with van der Waals surface area (Å²) in [6.07, 6.45) is 3.09. The van der Waals surface area contributed by atoms with Crippen LogP contribution < -0.4 is 4.90 Å². The molecule has 116 valence electrons. The fourth-order valence-corrected chi connectivity index (χ4v) is 3.04. The lowest BCUT2D eigenvalue weighted by Crippen LogP contribution is -2.59. The van der Waals surface area contributed by atoms with Crippen molar-refractivity contribution >= 4 is 11.8 Å². The highest BCUT2D eigenvalue weighted by molar-refractivity contribution is 5.70. The van der Waals surface area contributed by atoms with Crippen molar-refractivity contribution in [2.45, 2.75) is 32.4 Å². The largest absolute Gasteiger partial charge is 0.444 e. The number of anilines is 1. The van der Waals surface area contributed by atoms with Gasteiger partial charge >= 0.3 is 6.09 Å². The van der Waals surface area contributed by atoms with Gasteiger partial charge in [0.05, 0.1) is 23.5 Å². The van der Waals surface area contributed by atoms with Gasteiger partial charge < -0.3 is 14.5 Å². The van der Waals surface area contributed by atoms with E-state index in [1.54, 1.807) is 17.3 Å². The van der Waals surface area contributed by atoms with Gasteiger partial charge in [-0.25, -0.2) is 4.79 Å². The fraction of sp³-hybridized carbons (Fsp3) is 0.562. The van der Waals surface area contributed by atoms with Gasteiger partial charge in [0.25, 0.3) is 0 Å². The highest BCUT2D eigenvalue weighted by Crippen LogP contribution is 2.35. The fourth-order valence-electron chi connectivity index (χ4n) is 3.04. The predicted octanol–water partition coefficient (Wildman–Crippen LogP) is 2.01. The molecule has 2 fully saturated rings. The van der Waals surface area contributed by atoms with Crippen molar-refractivity contribution in [2.24, 2.45) is 5.92 Å². The van der Waals surface area contributed by atoms with Crippen LogP contribution in [-0.2, 0) is 4.74 Å². The van der Waals surface area contributed by atoms with Crippen LogP contribution in [0.1, 0.15) is 26.3 Å². The standard InChI is InChI=1S/C16H20N4O2/c1-16(2,3)22-15(21)20-9-12-8-19(10-14(12)20)13-4-11(5-17)6-18-7-13/h4,6-7,12,14H,8-10H2,1-3H3/t12-,14-/m1/s1. The molecule has 1 aromatic rings. The number of hydrogen-bond donors (Lipinski definition) is 0. The maximum Gasteiger partial charge on any atom is 0.410 e. The number of carbonyl (C=O) groups is 1. The third-order valence-corrected chi connectivity index (χ3v) is 4.08. The zero-order chi connectivity index (χ0) is 15.9. The molecule has 0 aromatic carbocycles. The van der Waals surface area contributed by atoms with E-state index in [2.05, 4.69) is 16.0 Å². The minimum absolute atomic E-state index is 0.195. The maximum absolute atomic E-state index is 12.2. The first-order chi connectivity index (χ1) is 10.4. The summed E-state index contributed by atoms with van der Waals surface area (Å²) >= 11 is 0. The minimum Gasteiger partial charge on any atom is -0.444 e. The molecule has 0 N–H and O–H groups in total. The second-order valence-electron chi connectivity index (χ2n) is 6.91. The molecule has 3 heterocycles. The lowest BCUT2D eigenvalue weighted by molar-refractivity contribution is -0.0163. The summed E-state index contributed by atoms with van der Waals surface area (Å²) in [5.41, 5.74) is 1.03. The number of ether oxygens (including phenoxy) is 1. The summed E-state index contributed by atoms with van der Waals surface area (Å²) in [5, 5.41) is 8.97. The number of pyridine rings is 1. The van der Waals surface area contributed by atoms with Gasteiger partial charge in [0.15, 0.2) is 0 Å². The van der Waals surface area contributed by atoms with Gasteiger partial charge in [-0.1, -0.05) is 0 Å². The van der Waals surface area contributed by atoms with Crippen molar-refractivity contribution in [3.8, 4) is 6.07 Å². The summed E-state index contributed by atoms with van der Waals surface area (Å²) in [5.74, 6) is 0.471. The topological polar surface area (TPSA) is 69.5 Å². The number of nitrogens with zero attached hydrogens (tertiary/aromatic N) is 4. The number of likely N-dealkylation sites (tertiary alicyclic amines) is 1. The average molecular weight is 300 g/mol. The molecule has 1 aromatic heterocycles. The van der Waals surface area contributed by atoms with E-state index in [0.717, 1.165) is 25.3 Å². The van der Waals surface area contributed by atoms with E-state index in [1.165, 1.54) is 0 Å².